The zero-order valence-corrected chi connectivity index (χ0v) is 21.3. The van der Waals surface area contributed by atoms with Crippen molar-refractivity contribution >= 4 is 52.0 Å². The number of fused-ring (bicyclic) bond motifs is 1. The van der Waals surface area contributed by atoms with Crippen LogP contribution in [0.15, 0.2) is 53.9 Å². The van der Waals surface area contributed by atoms with Gasteiger partial charge in [0.15, 0.2) is 0 Å². The number of nitrogens with zero attached hydrogens (tertiary/aromatic N) is 3. The first kappa shape index (κ1) is 25.2. The van der Waals surface area contributed by atoms with Gasteiger partial charge in [0.1, 0.15) is 11.6 Å². The van der Waals surface area contributed by atoms with E-state index in [9.17, 15) is 19.7 Å². The van der Waals surface area contributed by atoms with Crippen molar-refractivity contribution < 1.29 is 14.5 Å². The lowest BCUT2D eigenvalue weighted by atomic mass is 9.93. The van der Waals surface area contributed by atoms with Crippen LogP contribution in [0.1, 0.15) is 45.7 Å². The van der Waals surface area contributed by atoms with E-state index in [1.54, 1.807) is 28.4 Å². The molecule has 2 aromatic carbocycles. The van der Waals surface area contributed by atoms with Crippen molar-refractivity contribution in [2.24, 2.45) is 0 Å². The fourth-order valence-electron chi connectivity index (χ4n) is 4.33. The predicted molar refractivity (Wildman–Crippen MR) is 137 cm³/mol. The molecule has 0 N–H and O–H groups in total. The van der Waals surface area contributed by atoms with Crippen LogP contribution in [-0.2, 0) is 11.2 Å². The molecule has 182 valence electrons. The predicted octanol–water partition coefficient (Wildman–Crippen LogP) is 5.99. The van der Waals surface area contributed by atoms with Gasteiger partial charge in [0.2, 0.25) is 5.91 Å². The quantitative estimate of drug-likeness (QED) is 0.277. The maximum absolute atomic E-state index is 13.6. The molecule has 1 aromatic heterocycles. The third kappa shape index (κ3) is 5.34. The van der Waals surface area contributed by atoms with Gasteiger partial charge in [-0.05, 0) is 59.7 Å². The molecule has 1 aliphatic rings. The summed E-state index contributed by atoms with van der Waals surface area (Å²) >= 11 is 13.7. The molecular weight excluding hydrogens is 509 g/mol. The van der Waals surface area contributed by atoms with Crippen LogP contribution in [-0.4, -0.2) is 46.2 Å². The summed E-state index contributed by atoms with van der Waals surface area (Å²) in [7, 11) is 0. The first-order chi connectivity index (χ1) is 16.8. The molecule has 0 saturated heterocycles. The highest BCUT2D eigenvalue weighted by atomic mass is 35.5. The molecule has 0 fully saturated rings. The van der Waals surface area contributed by atoms with Crippen LogP contribution >= 0.6 is 34.5 Å². The van der Waals surface area contributed by atoms with E-state index in [2.05, 4.69) is 0 Å². The van der Waals surface area contributed by atoms with Gasteiger partial charge in [-0.3, -0.25) is 19.7 Å². The number of hydrogen-bond acceptors (Lipinski definition) is 5. The first-order valence-corrected chi connectivity index (χ1v) is 12.8. The summed E-state index contributed by atoms with van der Waals surface area (Å²) < 4.78 is 0. The van der Waals surface area contributed by atoms with Crippen LogP contribution in [0.2, 0.25) is 10.0 Å². The van der Waals surface area contributed by atoms with E-state index in [4.69, 9.17) is 23.2 Å². The Morgan fingerprint density at radius 3 is 2.60 bits per heavy atom. The van der Waals surface area contributed by atoms with E-state index in [1.807, 2.05) is 30.5 Å². The second kappa shape index (κ2) is 10.8. The minimum absolute atomic E-state index is 0.0460. The maximum atomic E-state index is 13.6. The van der Waals surface area contributed by atoms with Gasteiger partial charge in [-0.25, -0.2) is 0 Å². The molecule has 35 heavy (non-hydrogen) atoms. The molecule has 0 aliphatic carbocycles. The molecule has 1 atom stereocenters. The third-order valence-electron chi connectivity index (χ3n) is 5.97. The molecule has 0 saturated carbocycles. The Morgan fingerprint density at radius 1 is 1.17 bits per heavy atom. The molecule has 10 heteroatoms. The number of hydrogen-bond donors (Lipinski definition) is 0. The highest BCUT2D eigenvalue weighted by molar-refractivity contribution is 7.10. The summed E-state index contributed by atoms with van der Waals surface area (Å²) in [5.41, 5.74) is 1.81. The zero-order valence-electron chi connectivity index (χ0n) is 18.9. The Kier molecular flexibility index (Phi) is 7.74. The Morgan fingerprint density at radius 2 is 1.91 bits per heavy atom. The SMILES string of the molecule is CCCN(CC(=O)N1CCc2sccc2[C@@H]1c1ccc(Cl)cc1)C(=O)c1ccc(Cl)c([N+](=O)[O-])c1. The average molecular weight is 532 g/mol. The number of nitro groups is 1. The molecule has 2 heterocycles. The highest BCUT2D eigenvalue weighted by Crippen LogP contribution is 2.38. The number of thiophene rings is 1. The number of halogens is 2. The van der Waals surface area contributed by atoms with Crippen molar-refractivity contribution in [3.63, 3.8) is 0 Å². The Balaban J connectivity index is 1.61. The van der Waals surface area contributed by atoms with Crippen LogP contribution < -0.4 is 0 Å². The highest BCUT2D eigenvalue weighted by Gasteiger charge is 2.34. The van der Waals surface area contributed by atoms with Crippen LogP contribution in [0.5, 0.6) is 0 Å². The molecule has 3 aromatic rings. The van der Waals surface area contributed by atoms with Crippen LogP contribution in [0.25, 0.3) is 0 Å². The summed E-state index contributed by atoms with van der Waals surface area (Å²) in [6.45, 7) is 2.64. The van der Waals surface area contributed by atoms with Gasteiger partial charge < -0.3 is 9.80 Å². The second-order valence-corrected chi connectivity index (χ2v) is 10.1. The third-order valence-corrected chi connectivity index (χ3v) is 7.54. The Labute approximate surface area is 217 Å². The first-order valence-electron chi connectivity index (χ1n) is 11.1. The summed E-state index contributed by atoms with van der Waals surface area (Å²) in [5.74, 6) is -0.636. The summed E-state index contributed by atoms with van der Waals surface area (Å²) in [6.07, 6.45) is 1.37. The lowest BCUT2D eigenvalue weighted by Crippen LogP contribution is -2.47. The van der Waals surface area contributed by atoms with E-state index < -0.39 is 10.8 Å². The molecule has 0 unspecified atom stereocenters. The number of nitro benzene ring substituents is 1. The molecule has 0 radical (unpaired) electrons. The maximum Gasteiger partial charge on any atom is 0.288 e. The minimum atomic E-state index is -0.628. The number of carbonyl (C=O) groups is 2. The normalized spacial score (nSPS) is 14.9. The van der Waals surface area contributed by atoms with Gasteiger partial charge in [-0.1, -0.05) is 42.3 Å². The molecular formula is C25H23Cl2N3O4S. The van der Waals surface area contributed by atoms with Gasteiger partial charge in [0.05, 0.1) is 11.0 Å². The summed E-state index contributed by atoms with van der Waals surface area (Å²) in [5, 5.41) is 13.9. The van der Waals surface area contributed by atoms with Gasteiger partial charge in [0, 0.05) is 34.6 Å². The smallest absolute Gasteiger partial charge is 0.288 e. The molecule has 1 aliphatic heterocycles. The van der Waals surface area contributed by atoms with Gasteiger partial charge >= 0.3 is 0 Å². The second-order valence-electron chi connectivity index (χ2n) is 8.24. The van der Waals surface area contributed by atoms with Gasteiger partial charge in [-0.15, -0.1) is 11.3 Å². The van der Waals surface area contributed by atoms with Crippen molar-refractivity contribution in [2.45, 2.75) is 25.8 Å². The average Bonchev–Trinajstić information content (AvgIpc) is 3.32. The summed E-state index contributed by atoms with van der Waals surface area (Å²) in [4.78, 5) is 42.0. The molecule has 0 bridgehead atoms. The fraction of sp³-hybridized carbons (Fsp3) is 0.280. The zero-order chi connectivity index (χ0) is 25.1. The van der Waals surface area contributed by atoms with Crippen LogP contribution in [0, 0.1) is 10.1 Å². The fourth-order valence-corrected chi connectivity index (χ4v) is 5.55. The van der Waals surface area contributed by atoms with E-state index in [-0.39, 0.29) is 34.8 Å². The Bertz CT molecular complexity index is 1260. The van der Waals surface area contributed by atoms with E-state index in [1.165, 1.54) is 21.9 Å². The minimum Gasteiger partial charge on any atom is -0.330 e. The molecule has 7 nitrogen and oxygen atoms in total. The van der Waals surface area contributed by atoms with Crippen molar-refractivity contribution in [3.8, 4) is 0 Å². The lowest BCUT2D eigenvalue weighted by Gasteiger charge is -2.37. The van der Waals surface area contributed by atoms with Crippen LogP contribution in [0.4, 0.5) is 5.69 Å². The van der Waals surface area contributed by atoms with Gasteiger partial charge in [0.25, 0.3) is 11.6 Å². The van der Waals surface area contributed by atoms with Crippen LogP contribution in [0.3, 0.4) is 0 Å². The number of carbonyl (C=O) groups excluding carboxylic acids is 2. The van der Waals surface area contributed by atoms with E-state index in [0.717, 1.165) is 23.6 Å². The molecule has 0 spiro atoms. The standard InChI is InChI=1S/C25H23Cl2N3O4S/c1-2-11-28(25(32)17-5-8-20(27)21(14-17)30(33)34)15-23(31)29-12-9-22-19(10-13-35-22)24(29)16-3-6-18(26)7-4-16/h3-8,10,13-14,24H,2,9,11-12,15H2,1H3/t24-/m0/s1. The largest absolute Gasteiger partial charge is 0.330 e. The topological polar surface area (TPSA) is 83.8 Å². The lowest BCUT2D eigenvalue weighted by molar-refractivity contribution is -0.384. The van der Waals surface area contributed by atoms with Crippen molar-refractivity contribution in [3.05, 3.63) is 95.6 Å². The van der Waals surface area contributed by atoms with Crippen molar-refractivity contribution in [1.82, 2.24) is 9.80 Å². The van der Waals surface area contributed by atoms with E-state index in [0.29, 0.717) is 24.5 Å². The Hall–Kier alpha value is -2.94. The van der Waals surface area contributed by atoms with Crippen molar-refractivity contribution in [2.75, 3.05) is 19.6 Å². The molecule has 4 rings (SSSR count). The number of rotatable bonds is 7. The monoisotopic (exact) mass is 531 g/mol. The summed E-state index contributed by atoms with van der Waals surface area (Å²) in [6, 6.07) is 13.2. The number of amides is 2. The molecule has 2 amide bonds. The van der Waals surface area contributed by atoms with Crippen molar-refractivity contribution in [1.29, 1.82) is 0 Å². The number of benzene rings is 2. The van der Waals surface area contributed by atoms with E-state index >= 15 is 0 Å². The van der Waals surface area contributed by atoms with Gasteiger partial charge in [-0.2, -0.15) is 0 Å².